The van der Waals surface area contributed by atoms with Crippen molar-refractivity contribution in [2.24, 2.45) is 0 Å². The Hall–Kier alpha value is -4.50. The Labute approximate surface area is 229 Å². The Morgan fingerprint density at radius 2 is 1.69 bits per heavy atom. The number of aliphatic hydroxyl groups is 1. The summed E-state index contributed by atoms with van der Waals surface area (Å²) < 4.78 is 11.2. The molecular weight excluding hydrogens is 516 g/mol. The van der Waals surface area contributed by atoms with Crippen LogP contribution in [-0.2, 0) is 20.7 Å². The van der Waals surface area contributed by atoms with Gasteiger partial charge in [0.1, 0.15) is 11.5 Å². The summed E-state index contributed by atoms with van der Waals surface area (Å²) in [6.45, 7) is 4.41. The highest BCUT2D eigenvalue weighted by Gasteiger charge is 2.48. The van der Waals surface area contributed by atoms with Gasteiger partial charge in [-0.2, -0.15) is 0 Å². The third-order valence-corrected chi connectivity index (χ3v) is 7.60. The normalized spacial score (nSPS) is 16.6. The SMILES string of the molecule is CCOc1ccc(/C(O)=C2\C(=O)C(=O)N(c3nc4ccc(CC)cc4s3)[C@H]2c2ccc(C(=O)OC)cc2)cc1. The van der Waals surface area contributed by atoms with E-state index in [1.807, 2.05) is 25.1 Å². The highest BCUT2D eigenvalue weighted by atomic mass is 32.1. The molecule has 0 spiro atoms. The maximum absolute atomic E-state index is 13.5. The number of esters is 1. The topological polar surface area (TPSA) is 106 Å². The van der Waals surface area contributed by atoms with Gasteiger partial charge in [-0.3, -0.25) is 14.5 Å². The molecule has 1 aliphatic rings. The minimum Gasteiger partial charge on any atom is -0.507 e. The smallest absolute Gasteiger partial charge is 0.337 e. The van der Waals surface area contributed by atoms with Crippen molar-refractivity contribution in [1.29, 1.82) is 0 Å². The van der Waals surface area contributed by atoms with E-state index in [0.29, 0.717) is 39.7 Å². The number of Topliss-reactive ketones (excluding diaryl/α,β-unsaturated/α-hetero) is 1. The summed E-state index contributed by atoms with van der Waals surface area (Å²) in [6.07, 6.45) is 0.850. The Morgan fingerprint density at radius 1 is 1.00 bits per heavy atom. The number of hydrogen-bond donors (Lipinski definition) is 1. The number of aromatic nitrogens is 1. The van der Waals surface area contributed by atoms with Gasteiger partial charge in [0.2, 0.25) is 0 Å². The minimum absolute atomic E-state index is 0.0662. The van der Waals surface area contributed by atoms with Gasteiger partial charge in [-0.05, 0) is 73.0 Å². The van der Waals surface area contributed by atoms with E-state index in [1.54, 1.807) is 48.5 Å². The number of fused-ring (bicyclic) bond motifs is 1. The Balaban J connectivity index is 1.67. The number of hydrogen-bond acceptors (Lipinski definition) is 8. The standard InChI is InChI=1S/C30H26N2O6S/c1-4-17-6-15-22-23(16-17)39-30(31-22)32-25(18-7-9-20(10-8-18)29(36)37-3)24(27(34)28(32)35)26(33)19-11-13-21(14-12-19)38-5-2/h6-16,25,33H,4-5H2,1-3H3/b26-24+/t25-/m0/s1. The number of carbonyl (C=O) groups excluding carboxylic acids is 3. The maximum atomic E-state index is 13.5. The first-order valence-corrected chi connectivity index (χ1v) is 13.3. The zero-order chi connectivity index (χ0) is 27.7. The van der Waals surface area contributed by atoms with Crippen LogP contribution in [0.2, 0.25) is 0 Å². The molecule has 9 heteroatoms. The molecule has 0 unspecified atom stereocenters. The Bertz CT molecular complexity index is 1600. The predicted molar refractivity (Wildman–Crippen MR) is 149 cm³/mol. The van der Waals surface area contributed by atoms with Crippen molar-refractivity contribution in [2.45, 2.75) is 26.3 Å². The second-order valence-corrected chi connectivity index (χ2v) is 9.90. The molecule has 0 bridgehead atoms. The monoisotopic (exact) mass is 542 g/mol. The number of anilines is 1. The van der Waals surface area contributed by atoms with Crippen LogP contribution in [0.4, 0.5) is 5.13 Å². The van der Waals surface area contributed by atoms with Crippen LogP contribution in [0.3, 0.4) is 0 Å². The number of rotatable bonds is 7. The second kappa shape index (κ2) is 10.7. The lowest BCUT2D eigenvalue weighted by molar-refractivity contribution is -0.132. The fraction of sp³-hybridized carbons (Fsp3) is 0.200. The lowest BCUT2D eigenvalue weighted by Gasteiger charge is -2.23. The molecule has 1 atom stereocenters. The first-order chi connectivity index (χ1) is 18.9. The molecule has 1 fully saturated rings. The second-order valence-electron chi connectivity index (χ2n) is 8.89. The fourth-order valence-corrected chi connectivity index (χ4v) is 5.63. The summed E-state index contributed by atoms with van der Waals surface area (Å²) in [7, 11) is 1.29. The number of carbonyl (C=O) groups is 3. The number of amides is 1. The zero-order valence-electron chi connectivity index (χ0n) is 21.6. The van der Waals surface area contributed by atoms with Gasteiger partial charge in [0.15, 0.2) is 5.13 Å². The molecule has 5 rings (SSSR count). The third-order valence-electron chi connectivity index (χ3n) is 6.59. The van der Waals surface area contributed by atoms with Crippen molar-refractivity contribution in [3.05, 3.63) is 94.6 Å². The number of nitrogens with zero attached hydrogens (tertiary/aromatic N) is 2. The Morgan fingerprint density at radius 3 is 2.33 bits per heavy atom. The summed E-state index contributed by atoms with van der Waals surface area (Å²) in [6, 6.07) is 18.0. The third kappa shape index (κ3) is 4.77. The van der Waals surface area contributed by atoms with E-state index in [9.17, 15) is 19.5 Å². The molecule has 4 aromatic rings. The van der Waals surface area contributed by atoms with E-state index in [-0.39, 0.29) is 11.3 Å². The van der Waals surface area contributed by atoms with Crippen LogP contribution in [0.1, 0.15) is 46.9 Å². The fourth-order valence-electron chi connectivity index (χ4n) is 4.58. The molecular formula is C30H26N2O6S. The number of ketones is 1. The van der Waals surface area contributed by atoms with Crippen LogP contribution in [0.15, 0.2) is 72.3 Å². The van der Waals surface area contributed by atoms with E-state index in [4.69, 9.17) is 9.47 Å². The van der Waals surface area contributed by atoms with Crippen molar-refractivity contribution >= 4 is 50.1 Å². The minimum atomic E-state index is -0.963. The van der Waals surface area contributed by atoms with E-state index in [1.165, 1.54) is 23.3 Å². The number of benzene rings is 3. The average Bonchev–Trinajstić information content (AvgIpc) is 3.50. The van der Waals surface area contributed by atoms with Crippen LogP contribution in [0.5, 0.6) is 5.75 Å². The molecule has 0 aliphatic carbocycles. The van der Waals surface area contributed by atoms with Gasteiger partial charge < -0.3 is 14.6 Å². The highest BCUT2D eigenvalue weighted by molar-refractivity contribution is 7.22. The molecule has 39 heavy (non-hydrogen) atoms. The first kappa shape index (κ1) is 26.1. The van der Waals surface area contributed by atoms with Crippen molar-refractivity contribution in [2.75, 3.05) is 18.6 Å². The summed E-state index contributed by atoms with van der Waals surface area (Å²) in [5, 5.41) is 11.7. The van der Waals surface area contributed by atoms with Gasteiger partial charge in [0.25, 0.3) is 5.78 Å². The molecule has 0 saturated carbocycles. The van der Waals surface area contributed by atoms with Crippen molar-refractivity contribution < 1.29 is 29.0 Å². The van der Waals surface area contributed by atoms with E-state index in [2.05, 4.69) is 11.9 Å². The highest BCUT2D eigenvalue weighted by Crippen LogP contribution is 2.44. The number of ether oxygens (including phenoxy) is 2. The van der Waals surface area contributed by atoms with E-state index < -0.39 is 23.7 Å². The van der Waals surface area contributed by atoms with Crippen LogP contribution < -0.4 is 9.64 Å². The summed E-state index contributed by atoms with van der Waals surface area (Å²) in [5.74, 6) is -1.82. The van der Waals surface area contributed by atoms with Crippen molar-refractivity contribution in [3.63, 3.8) is 0 Å². The van der Waals surface area contributed by atoms with Crippen molar-refractivity contribution in [3.8, 4) is 5.75 Å². The van der Waals surface area contributed by atoms with E-state index in [0.717, 1.165) is 16.7 Å². The average molecular weight is 543 g/mol. The molecule has 0 radical (unpaired) electrons. The number of aryl methyl sites for hydroxylation is 1. The number of methoxy groups -OCH3 is 1. The molecule has 1 N–H and O–H groups in total. The van der Waals surface area contributed by atoms with Crippen LogP contribution >= 0.6 is 11.3 Å². The van der Waals surface area contributed by atoms with Gasteiger partial charge in [0, 0.05) is 5.56 Å². The van der Waals surface area contributed by atoms with Gasteiger partial charge in [0.05, 0.1) is 41.1 Å². The first-order valence-electron chi connectivity index (χ1n) is 12.5. The van der Waals surface area contributed by atoms with Crippen molar-refractivity contribution in [1.82, 2.24) is 4.98 Å². The zero-order valence-corrected chi connectivity index (χ0v) is 22.5. The van der Waals surface area contributed by atoms with Gasteiger partial charge in [-0.25, -0.2) is 9.78 Å². The molecule has 1 saturated heterocycles. The maximum Gasteiger partial charge on any atom is 0.337 e. The molecule has 2 heterocycles. The molecule has 1 amide bonds. The molecule has 1 aliphatic heterocycles. The van der Waals surface area contributed by atoms with Gasteiger partial charge >= 0.3 is 11.9 Å². The van der Waals surface area contributed by atoms with Gasteiger partial charge in [-0.15, -0.1) is 0 Å². The lowest BCUT2D eigenvalue weighted by Crippen LogP contribution is -2.29. The van der Waals surface area contributed by atoms with Crippen LogP contribution in [0.25, 0.3) is 16.0 Å². The number of thiazole rings is 1. The summed E-state index contributed by atoms with van der Waals surface area (Å²) >= 11 is 1.30. The molecule has 1 aromatic heterocycles. The molecule has 198 valence electrons. The summed E-state index contributed by atoms with van der Waals surface area (Å²) in [4.78, 5) is 45.0. The molecule has 3 aromatic carbocycles. The van der Waals surface area contributed by atoms with Gasteiger partial charge in [-0.1, -0.05) is 36.5 Å². The Kier molecular flexibility index (Phi) is 7.17. The summed E-state index contributed by atoms with van der Waals surface area (Å²) in [5.41, 5.74) is 2.98. The lowest BCUT2D eigenvalue weighted by atomic mass is 9.94. The van der Waals surface area contributed by atoms with Crippen LogP contribution in [0, 0.1) is 0 Å². The predicted octanol–water partition coefficient (Wildman–Crippen LogP) is 5.67. The van der Waals surface area contributed by atoms with Crippen LogP contribution in [-0.4, -0.2) is 41.5 Å². The van der Waals surface area contributed by atoms with E-state index >= 15 is 0 Å². The number of aliphatic hydroxyl groups excluding tert-OH is 1. The quantitative estimate of drug-likeness (QED) is 0.139. The molecule has 8 nitrogen and oxygen atoms in total. The largest absolute Gasteiger partial charge is 0.507 e.